The number of aromatic hydroxyl groups is 4. The summed E-state index contributed by atoms with van der Waals surface area (Å²) in [4.78, 5) is 12.4. The van der Waals surface area contributed by atoms with Crippen LogP contribution in [0.3, 0.4) is 0 Å². The molecule has 0 saturated carbocycles. The average Bonchev–Trinajstić information content (AvgIpc) is 2.67. The molecule has 0 heterocycles. The van der Waals surface area contributed by atoms with E-state index in [0.29, 0.717) is 17.5 Å². The number of carbonyl (C=O) groups is 1. The van der Waals surface area contributed by atoms with Gasteiger partial charge in [0, 0.05) is 11.6 Å². The van der Waals surface area contributed by atoms with Gasteiger partial charge in [0.25, 0.3) is 0 Å². The van der Waals surface area contributed by atoms with Crippen LogP contribution in [0.4, 0.5) is 0 Å². The number of ketones is 1. The van der Waals surface area contributed by atoms with Crippen LogP contribution in [0.15, 0.2) is 59.7 Å². The Morgan fingerprint density at radius 2 is 1.67 bits per heavy atom. The lowest BCUT2D eigenvalue weighted by atomic mass is 9.99. The molecule has 0 bridgehead atoms. The smallest absolute Gasteiger partial charge is 0.189 e. The standard InChI is InChI=1S/C25H28O5/c1-16(2)5-4-6-17(3)7-11-20-18(9-14-23(28)25(20)30)8-13-22(27)21-12-10-19(26)15-24(21)29/h5,7-10,12-15,26,28-30H,4,6,11H2,1-3H3/b13-8?,17-7+. The highest BCUT2D eigenvalue weighted by molar-refractivity contribution is 6.08. The maximum absolute atomic E-state index is 12.4. The topological polar surface area (TPSA) is 98.0 Å². The maximum atomic E-state index is 12.4. The monoisotopic (exact) mass is 408 g/mol. The summed E-state index contributed by atoms with van der Waals surface area (Å²) in [6, 6.07) is 6.75. The molecule has 2 aromatic carbocycles. The molecule has 0 saturated heterocycles. The van der Waals surface area contributed by atoms with Gasteiger partial charge in [0.05, 0.1) is 5.56 Å². The highest BCUT2D eigenvalue weighted by atomic mass is 16.3. The van der Waals surface area contributed by atoms with E-state index in [2.05, 4.69) is 19.9 Å². The normalized spacial score (nSPS) is 11.6. The molecule has 2 aromatic rings. The summed E-state index contributed by atoms with van der Waals surface area (Å²) < 4.78 is 0. The van der Waals surface area contributed by atoms with Gasteiger partial charge in [0.1, 0.15) is 11.5 Å². The summed E-state index contributed by atoms with van der Waals surface area (Å²) in [5, 5.41) is 39.4. The fraction of sp³-hybridized carbons (Fsp3) is 0.240. The van der Waals surface area contributed by atoms with E-state index < -0.39 is 5.78 Å². The lowest BCUT2D eigenvalue weighted by molar-refractivity contribution is 0.104. The second kappa shape index (κ2) is 10.3. The molecule has 0 unspecified atom stereocenters. The zero-order valence-corrected chi connectivity index (χ0v) is 17.5. The summed E-state index contributed by atoms with van der Waals surface area (Å²) in [5.41, 5.74) is 3.59. The third-order valence-electron chi connectivity index (χ3n) is 4.70. The average molecular weight is 408 g/mol. The highest BCUT2D eigenvalue weighted by Gasteiger charge is 2.12. The van der Waals surface area contributed by atoms with Gasteiger partial charge in [-0.1, -0.05) is 35.4 Å². The van der Waals surface area contributed by atoms with Crippen molar-refractivity contribution in [3.63, 3.8) is 0 Å². The molecule has 2 rings (SSSR count). The van der Waals surface area contributed by atoms with E-state index in [1.165, 1.54) is 35.9 Å². The third kappa shape index (κ3) is 6.27. The zero-order valence-electron chi connectivity index (χ0n) is 17.5. The lowest BCUT2D eigenvalue weighted by Gasteiger charge is -2.09. The largest absolute Gasteiger partial charge is 0.508 e. The van der Waals surface area contributed by atoms with Crippen molar-refractivity contribution in [3.05, 3.63) is 76.4 Å². The van der Waals surface area contributed by atoms with Crippen molar-refractivity contribution in [3.8, 4) is 23.0 Å². The Hall–Kier alpha value is -3.47. The van der Waals surface area contributed by atoms with Crippen LogP contribution in [0.1, 0.15) is 55.1 Å². The number of benzene rings is 2. The molecule has 5 nitrogen and oxygen atoms in total. The van der Waals surface area contributed by atoms with Crippen molar-refractivity contribution in [1.82, 2.24) is 0 Å². The minimum Gasteiger partial charge on any atom is -0.508 e. The van der Waals surface area contributed by atoms with Crippen molar-refractivity contribution in [2.24, 2.45) is 0 Å². The van der Waals surface area contributed by atoms with E-state index in [0.717, 1.165) is 24.5 Å². The molecule has 0 aliphatic rings. The van der Waals surface area contributed by atoms with Crippen LogP contribution >= 0.6 is 0 Å². The second-order valence-electron chi connectivity index (χ2n) is 7.47. The highest BCUT2D eigenvalue weighted by Crippen LogP contribution is 2.33. The van der Waals surface area contributed by atoms with Gasteiger partial charge < -0.3 is 20.4 Å². The van der Waals surface area contributed by atoms with Crippen molar-refractivity contribution in [2.45, 2.75) is 40.0 Å². The number of hydrogen-bond acceptors (Lipinski definition) is 5. The van der Waals surface area contributed by atoms with Crippen LogP contribution in [0.2, 0.25) is 0 Å². The van der Waals surface area contributed by atoms with Crippen LogP contribution in [0.5, 0.6) is 23.0 Å². The molecule has 0 fully saturated rings. The number of carbonyl (C=O) groups excluding carboxylic acids is 1. The molecule has 0 atom stereocenters. The van der Waals surface area contributed by atoms with Crippen molar-refractivity contribution in [1.29, 1.82) is 0 Å². The molecule has 0 spiro atoms. The van der Waals surface area contributed by atoms with Gasteiger partial charge in [-0.25, -0.2) is 0 Å². The van der Waals surface area contributed by atoms with E-state index in [1.807, 2.05) is 13.0 Å². The molecule has 30 heavy (non-hydrogen) atoms. The quantitative estimate of drug-likeness (QED) is 0.196. The Morgan fingerprint density at radius 3 is 2.33 bits per heavy atom. The van der Waals surface area contributed by atoms with Crippen LogP contribution in [-0.4, -0.2) is 26.2 Å². The molecule has 0 radical (unpaired) electrons. The van der Waals surface area contributed by atoms with Gasteiger partial charge in [-0.15, -0.1) is 0 Å². The molecule has 0 aliphatic heterocycles. The van der Waals surface area contributed by atoms with Crippen LogP contribution in [0.25, 0.3) is 6.08 Å². The van der Waals surface area contributed by atoms with Gasteiger partial charge in [0.2, 0.25) is 0 Å². The molecule has 5 heteroatoms. The Balaban J connectivity index is 2.24. The predicted molar refractivity (Wildman–Crippen MR) is 119 cm³/mol. The predicted octanol–water partition coefficient (Wildman–Crippen LogP) is 5.64. The molecule has 4 N–H and O–H groups in total. The fourth-order valence-corrected chi connectivity index (χ4v) is 2.96. The van der Waals surface area contributed by atoms with E-state index in [1.54, 1.807) is 6.07 Å². The number of rotatable bonds is 8. The third-order valence-corrected chi connectivity index (χ3v) is 4.70. The SMILES string of the molecule is CC(C)=CCC/C(C)=C/Cc1c(C=CC(=O)c2ccc(O)cc2O)ccc(O)c1O. The van der Waals surface area contributed by atoms with Gasteiger partial charge in [0.15, 0.2) is 17.3 Å². The Morgan fingerprint density at radius 1 is 0.933 bits per heavy atom. The Kier molecular flexibility index (Phi) is 7.87. The minimum atomic E-state index is -0.445. The number of phenols is 4. The Bertz CT molecular complexity index is 1010. The molecular formula is C25H28O5. The van der Waals surface area contributed by atoms with E-state index in [4.69, 9.17) is 0 Å². The van der Waals surface area contributed by atoms with E-state index in [9.17, 15) is 25.2 Å². The van der Waals surface area contributed by atoms with Gasteiger partial charge >= 0.3 is 0 Å². The number of phenolic OH excluding ortho intramolecular Hbond substituents is 4. The Labute approximate surface area is 177 Å². The second-order valence-corrected chi connectivity index (χ2v) is 7.47. The first kappa shape index (κ1) is 22.8. The van der Waals surface area contributed by atoms with Gasteiger partial charge in [-0.2, -0.15) is 0 Å². The summed E-state index contributed by atoms with van der Waals surface area (Å²) in [6.07, 6.45) is 9.23. The number of allylic oxidation sites excluding steroid dienone is 5. The van der Waals surface area contributed by atoms with Crippen molar-refractivity contribution < 1.29 is 25.2 Å². The molecule has 158 valence electrons. The molecule has 0 aliphatic carbocycles. The lowest BCUT2D eigenvalue weighted by Crippen LogP contribution is -1.95. The fourth-order valence-electron chi connectivity index (χ4n) is 2.96. The first-order valence-corrected chi connectivity index (χ1v) is 9.76. The summed E-state index contributed by atoms with van der Waals surface area (Å²) in [5.74, 6) is -1.33. The van der Waals surface area contributed by atoms with E-state index >= 15 is 0 Å². The zero-order chi connectivity index (χ0) is 22.3. The van der Waals surface area contributed by atoms with Crippen LogP contribution in [0, 0.1) is 0 Å². The maximum Gasteiger partial charge on any atom is 0.189 e. The van der Waals surface area contributed by atoms with Crippen molar-refractivity contribution >= 4 is 11.9 Å². The molecule has 0 aromatic heterocycles. The summed E-state index contributed by atoms with van der Waals surface area (Å²) in [6.45, 7) is 6.13. The number of hydrogen-bond donors (Lipinski definition) is 4. The first-order chi connectivity index (χ1) is 14.2. The van der Waals surface area contributed by atoms with Crippen molar-refractivity contribution in [2.75, 3.05) is 0 Å². The van der Waals surface area contributed by atoms with Gasteiger partial charge in [-0.05, 0) is 69.9 Å². The van der Waals surface area contributed by atoms with Crippen LogP contribution < -0.4 is 0 Å². The van der Waals surface area contributed by atoms with E-state index in [-0.39, 0.29) is 28.6 Å². The molecular weight excluding hydrogens is 380 g/mol. The first-order valence-electron chi connectivity index (χ1n) is 9.76. The van der Waals surface area contributed by atoms with Gasteiger partial charge in [-0.3, -0.25) is 4.79 Å². The van der Waals surface area contributed by atoms with Crippen LogP contribution in [-0.2, 0) is 6.42 Å². The minimum absolute atomic E-state index is 0.0589. The summed E-state index contributed by atoms with van der Waals surface area (Å²) >= 11 is 0. The summed E-state index contributed by atoms with van der Waals surface area (Å²) in [7, 11) is 0. The molecule has 0 amide bonds.